The van der Waals surface area contributed by atoms with E-state index in [4.69, 9.17) is 9.57 Å². The van der Waals surface area contributed by atoms with Crippen LogP contribution in [-0.2, 0) is 24.7 Å². The lowest BCUT2D eigenvalue weighted by Gasteiger charge is -2.13. The number of oxime groups is 1. The number of rotatable bonds is 6. The van der Waals surface area contributed by atoms with Crippen molar-refractivity contribution in [2.75, 3.05) is 7.11 Å². The van der Waals surface area contributed by atoms with Gasteiger partial charge in [0.1, 0.15) is 0 Å². The average molecular weight is 359 g/mol. The zero-order chi connectivity index (χ0) is 18.7. The van der Waals surface area contributed by atoms with Crippen LogP contribution in [0.5, 0.6) is 11.5 Å². The van der Waals surface area contributed by atoms with Gasteiger partial charge in [0, 0.05) is 12.0 Å². The van der Waals surface area contributed by atoms with Gasteiger partial charge in [-0.1, -0.05) is 11.2 Å². The average Bonchev–Trinajstić information content (AvgIpc) is 3.17. The van der Waals surface area contributed by atoms with Gasteiger partial charge < -0.3 is 30.0 Å². The molecule has 0 radical (unpaired) electrons. The van der Waals surface area contributed by atoms with Crippen LogP contribution in [0, 0.1) is 0 Å². The molecule has 1 atom stereocenters. The molecule has 1 unspecified atom stereocenters. The molecule has 138 valence electrons. The third-order valence-corrected chi connectivity index (χ3v) is 4.51. The lowest BCUT2D eigenvalue weighted by atomic mass is 9.94. The molecule has 0 bridgehead atoms. The summed E-state index contributed by atoms with van der Waals surface area (Å²) in [5.74, 6) is 0.409. The summed E-state index contributed by atoms with van der Waals surface area (Å²) in [6.07, 6.45) is 0.162. The van der Waals surface area contributed by atoms with Crippen LogP contribution in [0.1, 0.15) is 40.3 Å². The number of nitrogens with zero attached hydrogens (tertiary/aromatic N) is 1. The Labute approximate surface area is 150 Å². The summed E-state index contributed by atoms with van der Waals surface area (Å²) in [6.45, 7) is -0.752. The third kappa shape index (κ3) is 3.37. The van der Waals surface area contributed by atoms with E-state index in [1.807, 2.05) is 0 Å². The van der Waals surface area contributed by atoms with Gasteiger partial charge in [0.25, 0.3) is 0 Å². The predicted molar refractivity (Wildman–Crippen MR) is 93.8 cm³/mol. The van der Waals surface area contributed by atoms with Gasteiger partial charge >= 0.3 is 0 Å². The summed E-state index contributed by atoms with van der Waals surface area (Å²) in [5, 5.41) is 42.4. The van der Waals surface area contributed by atoms with Gasteiger partial charge in [-0.25, -0.2) is 0 Å². The summed E-state index contributed by atoms with van der Waals surface area (Å²) in [5.41, 5.74) is 3.84. The fraction of sp³-hybridized carbons (Fsp3) is 0.316. The molecular formula is C19H21NO6. The molecule has 2 aromatic carbocycles. The Morgan fingerprint density at radius 2 is 1.77 bits per heavy atom. The number of phenols is 1. The minimum atomic E-state index is -0.327. The molecule has 0 saturated heterocycles. The first-order valence-electron chi connectivity index (χ1n) is 8.18. The first-order chi connectivity index (χ1) is 12.6. The molecule has 1 heterocycles. The monoisotopic (exact) mass is 359 g/mol. The minimum absolute atomic E-state index is 0.0511. The molecule has 1 aliphatic heterocycles. The Balaban J connectivity index is 1.87. The van der Waals surface area contributed by atoms with Crippen molar-refractivity contribution in [3.05, 3.63) is 58.1 Å². The van der Waals surface area contributed by atoms with Gasteiger partial charge in [0.2, 0.25) is 0 Å². The molecule has 0 aliphatic carbocycles. The molecule has 1 aliphatic rings. The van der Waals surface area contributed by atoms with E-state index < -0.39 is 0 Å². The number of aromatic hydroxyl groups is 1. The van der Waals surface area contributed by atoms with Crippen LogP contribution < -0.4 is 4.74 Å². The number of phenolic OH excluding ortho intramolecular Hbond substituents is 1. The number of ether oxygens (including phenoxy) is 1. The molecular weight excluding hydrogens is 338 g/mol. The Morgan fingerprint density at radius 1 is 1.08 bits per heavy atom. The zero-order valence-corrected chi connectivity index (χ0v) is 14.3. The Bertz CT molecular complexity index is 808. The molecule has 4 N–H and O–H groups in total. The van der Waals surface area contributed by atoms with Gasteiger partial charge in [0.15, 0.2) is 17.6 Å². The highest BCUT2D eigenvalue weighted by molar-refractivity contribution is 6.01. The summed E-state index contributed by atoms with van der Waals surface area (Å²) in [6, 6.07) is 8.47. The second-order valence-electron chi connectivity index (χ2n) is 6.01. The van der Waals surface area contributed by atoms with Crippen molar-refractivity contribution in [1.82, 2.24) is 0 Å². The zero-order valence-electron chi connectivity index (χ0n) is 14.3. The number of hydrogen-bond donors (Lipinski definition) is 4. The molecule has 2 aromatic rings. The van der Waals surface area contributed by atoms with E-state index in [0.717, 1.165) is 11.1 Å². The van der Waals surface area contributed by atoms with E-state index >= 15 is 0 Å². The SMILES string of the molecule is COc1cc(C2CC(c3cc(CO)c(CO)c(CO)c3)=NO2)ccc1O. The molecule has 0 aromatic heterocycles. The quantitative estimate of drug-likeness (QED) is 0.625. The van der Waals surface area contributed by atoms with Gasteiger partial charge in [-0.3, -0.25) is 0 Å². The standard InChI is InChI=1S/C19H21NO6/c1-25-19-6-11(2-3-17(19)24)18-7-16(20-26-18)12-4-13(8-21)15(10-23)14(5-12)9-22/h2-6,18,21-24H,7-10H2,1H3. The fourth-order valence-corrected chi connectivity index (χ4v) is 3.07. The first kappa shape index (κ1) is 18.2. The summed E-state index contributed by atoms with van der Waals surface area (Å²) in [7, 11) is 1.48. The topological polar surface area (TPSA) is 112 Å². The maximum Gasteiger partial charge on any atom is 0.160 e. The first-order valence-corrected chi connectivity index (χ1v) is 8.18. The van der Waals surface area contributed by atoms with Crippen molar-refractivity contribution in [2.24, 2.45) is 5.16 Å². The maximum absolute atomic E-state index is 9.71. The smallest absolute Gasteiger partial charge is 0.160 e. The number of hydrogen-bond acceptors (Lipinski definition) is 7. The van der Waals surface area contributed by atoms with Crippen LogP contribution in [0.4, 0.5) is 0 Å². The van der Waals surface area contributed by atoms with E-state index in [1.165, 1.54) is 7.11 Å². The highest BCUT2D eigenvalue weighted by Crippen LogP contribution is 2.35. The lowest BCUT2D eigenvalue weighted by Crippen LogP contribution is -2.07. The van der Waals surface area contributed by atoms with Crippen molar-refractivity contribution < 1.29 is 30.0 Å². The van der Waals surface area contributed by atoms with Crippen molar-refractivity contribution >= 4 is 5.71 Å². The second-order valence-corrected chi connectivity index (χ2v) is 6.01. The highest BCUT2D eigenvalue weighted by Gasteiger charge is 2.26. The second kappa shape index (κ2) is 7.74. The van der Waals surface area contributed by atoms with Crippen LogP contribution in [0.15, 0.2) is 35.5 Å². The number of benzene rings is 2. The van der Waals surface area contributed by atoms with E-state index in [2.05, 4.69) is 5.16 Å². The van der Waals surface area contributed by atoms with Crippen LogP contribution >= 0.6 is 0 Å². The minimum Gasteiger partial charge on any atom is -0.504 e. The highest BCUT2D eigenvalue weighted by atomic mass is 16.6. The van der Waals surface area contributed by atoms with E-state index in [9.17, 15) is 20.4 Å². The Kier molecular flexibility index (Phi) is 5.41. The summed E-state index contributed by atoms with van der Waals surface area (Å²) < 4.78 is 5.12. The fourth-order valence-electron chi connectivity index (χ4n) is 3.07. The Morgan fingerprint density at radius 3 is 2.35 bits per heavy atom. The number of aliphatic hydroxyl groups excluding tert-OH is 3. The van der Waals surface area contributed by atoms with E-state index in [1.54, 1.807) is 30.3 Å². The molecule has 0 saturated carbocycles. The van der Waals surface area contributed by atoms with Crippen LogP contribution in [0.25, 0.3) is 0 Å². The van der Waals surface area contributed by atoms with Crippen LogP contribution in [0.2, 0.25) is 0 Å². The van der Waals surface area contributed by atoms with Crippen molar-refractivity contribution in [2.45, 2.75) is 32.3 Å². The molecule has 0 spiro atoms. The van der Waals surface area contributed by atoms with Crippen molar-refractivity contribution in [3.63, 3.8) is 0 Å². The molecule has 0 fully saturated rings. The Hall–Kier alpha value is -2.61. The van der Waals surface area contributed by atoms with Crippen molar-refractivity contribution in [1.29, 1.82) is 0 Å². The molecule has 7 heteroatoms. The maximum atomic E-state index is 9.71. The van der Waals surface area contributed by atoms with Gasteiger partial charge in [-0.05, 0) is 46.5 Å². The summed E-state index contributed by atoms with van der Waals surface area (Å²) >= 11 is 0. The van der Waals surface area contributed by atoms with Gasteiger partial charge in [-0.15, -0.1) is 0 Å². The predicted octanol–water partition coefficient (Wildman–Crippen LogP) is 1.74. The largest absolute Gasteiger partial charge is 0.504 e. The van der Waals surface area contributed by atoms with Gasteiger partial charge in [-0.2, -0.15) is 0 Å². The van der Waals surface area contributed by atoms with Gasteiger partial charge in [0.05, 0.1) is 32.6 Å². The molecule has 26 heavy (non-hydrogen) atoms. The third-order valence-electron chi connectivity index (χ3n) is 4.51. The molecule has 3 rings (SSSR count). The molecule has 7 nitrogen and oxygen atoms in total. The van der Waals surface area contributed by atoms with Crippen molar-refractivity contribution in [3.8, 4) is 11.5 Å². The normalized spacial score (nSPS) is 16.3. The number of methoxy groups -OCH3 is 1. The summed E-state index contributed by atoms with van der Waals surface area (Å²) in [4.78, 5) is 5.53. The van der Waals surface area contributed by atoms with E-state index in [0.29, 0.717) is 34.6 Å². The van der Waals surface area contributed by atoms with E-state index in [-0.39, 0.29) is 31.7 Å². The van der Waals surface area contributed by atoms with Crippen LogP contribution in [-0.4, -0.2) is 33.2 Å². The van der Waals surface area contributed by atoms with Crippen LogP contribution in [0.3, 0.4) is 0 Å². The molecule has 0 amide bonds. The lowest BCUT2D eigenvalue weighted by molar-refractivity contribution is 0.0855. The number of aliphatic hydroxyl groups is 3.